The second kappa shape index (κ2) is 7.26. The van der Waals surface area contributed by atoms with E-state index in [0.717, 1.165) is 5.56 Å². The Hall–Kier alpha value is -2.09. The molecule has 2 aromatic rings. The molecule has 1 heterocycles. The summed E-state index contributed by atoms with van der Waals surface area (Å²) in [5.41, 5.74) is 1.17. The summed E-state index contributed by atoms with van der Waals surface area (Å²) in [6.07, 6.45) is 0. The van der Waals surface area contributed by atoms with E-state index in [0.29, 0.717) is 15.6 Å². The molecule has 2 aromatic carbocycles. The van der Waals surface area contributed by atoms with Gasteiger partial charge in [-0.05, 0) is 36.8 Å². The fourth-order valence-corrected chi connectivity index (χ4v) is 4.19. The lowest BCUT2D eigenvalue weighted by Gasteiger charge is -2.11. The van der Waals surface area contributed by atoms with E-state index in [9.17, 15) is 13.2 Å². The number of carbonyl (C=O) groups excluding carboxylic acids is 1. The number of fused-ring (bicyclic) bond motifs is 1. The number of halogens is 2. The van der Waals surface area contributed by atoms with E-state index in [2.05, 4.69) is 15.0 Å². The van der Waals surface area contributed by atoms with Gasteiger partial charge in [0, 0.05) is 22.2 Å². The Labute approximate surface area is 161 Å². The van der Waals surface area contributed by atoms with Gasteiger partial charge in [-0.15, -0.1) is 0 Å². The fraction of sp³-hybridized carbons (Fsp3) is 0.176. The van der Waals surface area contributed by atoms with Crippen LogP contribution in [0, 0.1) is 0 Å². The molecule has 1 aliphatic rings. The number of nitrogens with one attached hydrogen (secondary N) is 2. The van der Waals surface area contributed by atoms with Gasteiger partial charge < -0.3 is 5.32 Å². The molecule has 0 spiro atoms. The van der Waals surface area contributed by atoms with E-state index in [-0.39, 0.29) is 23.2 Å². The zero-order valence-electron chi connectivity index (χ0n) is 13.7. The van der Waals surface area contributed by atoms with Crippen molar-refractivity contribution in [1.29, 1.82) is 0 Å². The molecule has 1 aliphatic heterocycles. The molecule has 0 aliphatic carbocycles. The van der Waals surface area contributed by atoms with Crippen molar-refractivity contribution < 1.29 is 13.2 Å². The lowest BCUT2D eigenvalue weighted by molar-refractivity contribution is -0.122. The van der Waals surface area contributed by atoms with Crippen LogP contribution in [0.1, 0.15) is 18.1 Å². The third-order valence-corrected chi connectivity index (χ3v) is 5.82. The summed E-state index contributed by atoms with van der Waals surface area (Å²) >= 11 is 11.9. The highest BCUT2D eigenvalue weighted by Crippen LogP contribution is 2.23. The molecule has 0 radical (unpaired) electrons. The standard InChI is InChI=1S/C17H15Cl2N3O3S/c1-10(17(23)20-9-11-6-7-12(18)8-14(11)19)21-16-13-4-2-3-5-15(13)26(24,25)22-16/h2-8,10H,9H2,1H3,(H,20,23)(H,21,22)/t10-/m0/s1. The summed E-state index contributed by atoms with van der Waals surface area (Å²) in [6.45, 7) is 1.80. The fourth-order valence-electron chi connectivity index (χ4n) is 2.48. The second-order valence-corrected chi connectivity index (χ2v) is 8.20. The van der Waals surface area contributed by atoms with Crippen LogP contribution in [0.5, 0.6) is 0 Å². The first-order valence-electron chi connectivity index (χ1n) is 7.69. The Morgan fingerprint density at radius 2 is 1.96 bits per heavy atom. The van der Waals surface area contributed by atoms with E-state index in [1.54, 1.807) is 43.3 Å². The van der Waals surface area contributed by atoms with Crippen LogP contribution in [0.3, 0.4) is 0 Å². The molecule has 1 amide bonds. The van der Waals surface area contributed by atoms with Crippen molar-refractivity contribution in [3.05, 3.63) is 63.6 Å². The molecular formula is C17H15Cl2N3O3S. The number of nitrogens with zero attached hydrogens (tertiary/aromatic N) is 1. The molecule has 0 unspecified atom stereocenters. The summed E-state index contributed by atoms with van der Waals surface area (Å²) in [5, 5.41) is 3.69. The van der Waals surface area contributed by atoms with Gasteiger partial charge in [0.1, 0.15) is 11.9 Å². The van der Waals surface area contributed by atoms with Crippen LogP contribution in [-0.4, -0.2) is 26.2 Å². The number of hydrogen-bond acceptors (Lipinski definition) is 4. The molecule has 136 valence electrons. The van der Waals surface area contributed by atoms with E-state index in [1.165, 1.54) is 6.07 Å². The molecule has 0 fully saturated rings. The van der Waals surface area contributed by atoms with Gasteiger partial charge in [0.05, 0.1) is 4.90 Å². The minimum Gasteiger partial charge on any atom is -0.350 e. The number of amides is 1. The van der Waals surface area contributed by atoms with E-state index < -0.39 is 16.1 Å². The Morgan fingerprint density at radius 1 is 1.23 bits per heavy atom. The van der Waals surface area contributed by atoms with Gasteiger partial charge in [0.25, 0.3) is 10.0 Å². The summed E-state index contributed by atoms with van der Waals surface area (Å²) in [4.78, 5) is 16.7. The van der Waals surface area contributed by atoms with E-state index in [1.807, 2.05) is 0 Å². The zero-order valence-corrected chi connectivity index (χ0v) is 16.0. The van der Waals surface area contributed by atoms with Gasteiger partial charge >= 0.3 is 0 Å². The first-order chi connectivity index (χ1) is 12.3. The number of benzene rings is 2. The number of rotatable bonds is 4. The number of amidine groups is 1. The minimum atomic E-state index is -3.63. The normalized spacial score (nSPS) is 17.4. The third-order valence-electron chi connectivity index (χ3n) is 3.83. The van der Waals surface area contributed by atoms with Crippen molar-refractivity contribution in [3.63, 3.8) is 0 Å². The predicted molar refractivity (Wildman–Crippen MR) is 101 cm³/mol. The molecule has 6 nitrogen and oxygen atoms in total. The second-order valence-electron chi connectivity index (χ2n) is 5.71. The Morgan fingerprint density at radius 3 is 2.69 bits per heavy atom. The third kappa shape index (κ3) is 3.85. The van der Waals surface area contributed by atoms with Crippen molar-refractivity contribution in [2.45, 2.75) is 24.4 Å². The zero-order chi connectivity index (χ0) is 18.9. The minimum absolute atomic E-state index is 0.152. The van der Waals surface area contributed by atoms with Crippen molar-refractivity contribution >= 4 is 45.0 Å². The van der Waals surface area contributed by atoms with Crippen LogP contribution < -0.4 is 10.0 Å². The lowest BCUT2D eigenvalue weighted by atomic mass is 10.2. The Bertz CT molecular complexity index is 1010. The SMILES string of the molecule is C[C@H](N=C1NS(=O)(=O)c2ccccc21)C(=O)NCc1ccc(Cl)cc1Cl. The lowest BCUT2D eigenvalue weighted by Crippen LogP contribution is -2.33. The average molecular weight is 412 g/mol. The smallest absolute Gasteiger partial charge is 0.263 e. The van der Waals surface area contributed by atoms with Crippen molar-refractivity contribution in [1.82, 2.24) is 10.0 Å². The van der Waals surface area contributed by atoms with Gasteiger partial charge in [0.15, 0.2) is 0 Å². The van der Waals surface area contributed by atoms with Gasteiger partial charge in [-0.25, -0.2) is 8.42 Å². The van der Waals surface area contributed by atoms with Crippen molar-refractivity contribution in [2.24, 2.45) is 4.99 Å². The molecule has 0 saturated carbocycles. The van der Waals surface area contributed by atoms with Gasteiger partial charge in [-0.3, -0.25) is 14.5 Å². The monoisotopic (exact) mass is 411 g/mol. The molecular weight excluding hydrogens is 397 g/mol. The van der Waals surface area contributed by atoms with Crippen LogP contribution in [0.4, 0.5) is 0 Å². The number of carbonyl (C=O) groups is 1. The number of hydrogen-bond donors (Lipinski definition) is 2. The highest BCUT2D eigenvalue weighted by atomic mass is 35.5. The maximum atomic E-state index is 12.3. The van der Waals surface area contributed by atoms with Crippen LogP contribution in [0.25, 0.3) is 0 Å². The predicted octanol–water partition coefficient (Wildman–Crippen LogP) is 2.74. The van der Waals surface area contributed by atoms with Gasteiger partial charge in [-0.1, -0.05) is 41.4 Å². The Balaban J connectivity index is 1.73. The maximum absolute atomic E-state index is 12.3. The maximum Gasteiger partial charge on any atom is 0.263 e. The summed E-state index contributed by atoms with van der Waals surface area (Å²) < 4.78 is 26.5. The summed E-state index contributed by atoms with van der Waals surface area (Å²) in [7, 11) is -3.63. The average Bonchev–Trinajstić information content (AvgIpc) is 2.85. The Kier molecular flexibility index (Phi) is 5.22. The summed E-state index contributed by atoms with van der Waals surface area (Å²) in [5.74, 6) is -0.195. The first kappa shape index (κ1) is 18.7. The van der Waals surface area contributed by atoms with Gasteiger partial charge in [0.2, 0.25) is 5.91 Å². The number of aliphatic imine (C=N–C) groups is 1. The molecule has 26 heavy (non-hydrogen) atoms. The van der Waals surface area contributed by atoms with Crippen LogP contribution in [0.15, 0.2) is 52.4 Å². The first-order valence-corrected chi connectivity index (χ1v) is 9.93. The molecule has 2 N–H and O–H groups in total. The van der Waals surface area contributed by atoms with E-state index in [4.69, 9.17) is 23.2 Å². The molecule has 3 rings (SSSR count). The van der Waals surface area contributed by atoms with Crippen LogP contribution in [-0.2, 0) is 21.4 Å². The van der Waals surface area contributed by atoms with Crippen LogP contribution in [0.2, 0.25) is 10.0 Å². The number of sulfonamides is 1. The molecule has 0 saturated heterocycles. The van der Waals surface area contributed by atoms with Crippen molar-refractivity contribution in [2.75, 3.05) is 0 Å². The van der Waals surface area contributed by atoms with Gasteiger partial charge in [-0.2, -0.15) is 0 Å². The topological polar surface area (TPSA) is 87.6 Å². The van der Waals surface area contributed by atoms with Crippen LogP contribution >= 0.6 is 23.2 Å². The van der Waals surface area contributed by atoms with Crippen molar-refractivity contribution in [3.8, 4) is 0 Å². The largest absolute Gasteiger partial charge is 0.350 e. The molecule has 0 bridgehead atoms. The molecule has 1 atom stereocenters. The molecule has 0 aromatic heterocycles. The highest BCUT2D eigenvalue weighted by molar-refractivity contribution is 7.90. The highest BCUT2D eigenvalue weighted by Gasteiger charge is 2.31. The molecule has 9 heteroatoms. The summed E-state index contributed by atoms with van der Waals surface area (Å²) in [6, 6.07) is 10.7. The quantitative estimate of drug-likeness (QED) is 0.810. The van der Waals surface area contributed by atoms with E-state index >= 15 is 0 Å².